The van der Waals surface area contributed by atoms with Gasteiger partial charge in [0.05, 0.1) is 12.1 Å². The lowest BCUT2D eigenvalue weighted by atomic mass is 9.92. The second-order valence-corrected chi connectivity index (χ2v) is 12.7. The molecule has 5 rings (SSSR count). The Morgan fingerprint density at radius 3 is 2.50 bits per heavy atom. The maximum Gasteiger partial charge on any atom is 0.332 e. The molecule has 0 bridgehead atoms. The van der Waals surface area contributed by atoms with Crippen molar-refractivity contribution >= 4 is 34.6 Å². The second kappa shape index (κ2) is 11.0. The van der Waals surface area contributed by atoms with Gasteiger partial charge in [-0.15, -0.1) is 21.5 Å². The van der Waals surface area contributed by atoms with Crippen molar-refractivity contribution < 1.29 is 28.6 Å². The highest BCUT2D eigenvalue weighted by molar-refractivity contribution is 7.15. The zero-order valence-electron chi connectivity index (χ0n) is 24.4. The Hall–Kier alpha value is -3.96. The molecular formula is C31H33FN4O5S. The number of carbonyl (C=O) groups excluding carboxylic acids is 1. The molecule has 0 amide bonds. The Kier molecular flexibility index (Phi) is 7.76. The van der Waals surface area contributed by atoms with E-state index in [0.717, 1.165) is 32.1 Å². The molecule has 1 aliphatic carbocycles. The van der Waals surface area contributed by atoms with E-state index in [1.165, 1.54) is 6.08 Å². The fourth-order valence-electron chi connectivity index (χ4n) is 5.07. The summed E-state index contributed by atoms with van der Waals surface area (Å²) >= 11 is 1.60. The summed E-state index contributed by atoms with van der Waals surface area (Å²) in [5.41, 5.74) is 4.24. The molecule has 2 atom stereocenters. The number of hydrogen-bond donors (Lipinski definition) is 1. The van der Waals surface area contributed by atoms with Crippen LogP contribution in [0, 0.1) is 20.8 Å². The van der Waals surface area contributed by atoms with Gasteiger partial charge in [0.2, 0.25) is 5.85 Å². The number of allylic oxidation sites excluding steroid dienone is 2. The molecule has 220 valence electrons. The summed E-state index contributed by atoms with van der Waals surface area (Å²) in [7, 11) is 0. The van der Waals surface area contributed by atoms with E-state index in [4.69, 9.17) is 14.5 Å². The highest BCUT2D eigenvalue weighted by Gasteiger charge is 2.34. The minimum atomic E-state index is -2.15. The first-order chi connectivity index (χ1) is 19.7. The standard InChI is InChI=1S/C31H33FN4O5S/c1-17-18(2)42-29-26(17)27(33-23(14-24(37)38)28-35-34-19(3)36(28)29)21-11-9-20(10-12-21)22-8-7-13-31(32,15-22)40-16-25(39)41-30(4,5)6/h7-13,23H,14-16H2,1-6H3,(H,37,38)/t23-,31?/m0/s1. The molecule has 0 saturated heterocycles. The molecule has 0 saturated carbocycles. The molecular weight excluding hydrogens is 559 g/mol. The van der Waals surface area contributed by atoms with Crippen LogP contribution < -0.4 is 0 Å². The maximum absolute atomic E-state index is 15.6. The number of rotatable bonds is 7. The molecule has 1 N–H and O–H groups in total. The number of aryl methyl sites for hydroxylation is 2. The van der Waals surface area contributed by atoms with E-state index in [9.17, 15) is 14.7 Å². The molecule has 1 aromatic carbocycles. The van der Waals surface area contributed by atoms with E-state index in [-0.39, 0.29) is 12.8 Å². The van der Waals surface area contributed by atoms with E-state index < -0.39 is 36.0 Å². The Balaban J connectivity index is 1.44. The smallest absolute Gasteiger partial charge is 0.332 e. The molecule has 2 aliphatic rings. The lowest BCUT2D eigenvalue weighted by Gasteiger charge is -2.27. The second-order valence-electron chi connectivity index (χ2n) is 11.5. The predicted octanol–water partition coefficient (Wildman–Crippen LogP) is 5.99. The van der Waals surface area contributed by atoms with Crippen LogP contribution in [-0.4, -0.2) is 55.6 Å². The summed E-state index contributed by atoms with van der Waals surface area (Å²) in [6.45, 7) is 10.6. The molecule has 1 unspecified atom stereocenters. The maximum atomic E-state index is 15.6. The first-order valence-corrected chi connectivity index (χ1v) is 14.4. The number of carboxylic acid groups (broad SMARTS) is 1. The van der Waals surface area contributed by atoms with Crippen LogP contribution in [0.2, 0.25) is 0 Å². The highest BCUT2D eigenvalue weighted by atomic mass is 32.1. The van der Waals surface area contributed by atoms with Crippen molar-refractivity contribution in [1.82, 2.24) is 14.8 Å². The number of aromatic nitrogens is 3. The number of benzene rings is 1. The van der Waals surface area contributed by atoms with E-state index in [1.807, 2.05) is 55.7 Å². The quantitative estimate of drug-likeness (QED) is 0.335. The van der Waals surface area contributed by atoms with Crippen LogP contribution in [0.1, 0.15) is 78.4 Å². The first kappa shape index (κ1) is 29.5. The van der Waals surface area contributed by atoms with Crippen LogP contribution in [0.4, 0.5) is 4.39 Å². The van der Waals surface area contributed by atoms with Gasteiger partial charge in [0.15, 0.2) is 5.82 Å². The molecule has 42 heavy (non-hydrogen) atoms. The number of nitrogens with zero attached hydrogens (tertiary/aromatic N) is 4. The number of carbonyl (C=O) groups is 2. The molecule has 9 nitrogen and oxygen atoms in total. The normalized spacial score (nSPS) is 19.8. The van der Waals surface area contributed by atoms with Crippen molar-refractivity contribution in [3.05, 3.63) is 81.3 Å². The number of carboxylic acids is 1. The third kappa shape index (κ3) is 5.98. The third-order valence-electron chi connectivity index (χ3n) is 7.06. The topological polar surface area (TPSA) is 116 Å². The van der Waals surface area contributed by atoms with Gasteiger partial charge in [-0.3, -0.25) is 14.4 Å². The fraction of sp³-hybridized carbons (Fsp3) is 0.387. The molecule has 0 radical (unpaired) electrons. The largest absolute Gasteiger partial charge is 0.481 e. The summed E-state index contributed by atoms with van der Waals surface area (Å²) in [6.07, 6.45) is 4.38. The highest BCUT2D eigenvalue weighted by Crippen LogP contribution is 2.40. The summed E-state index contributed by atoms with van der Waals surface area (Å²) in [5.74, 6) is -2.61. The Labute approximate surface area is 247 Å². The predicted molar refractivity (Wildman–Crippen MR) is 158 cm³/mol. The van der Waals surface area contributed by atoms with E-state index in [1.54, 1.807) is 38.2 Å². The summed E-state index contributed by atoms with van der Waals surface area (Å²) in [5, 5.41) is 19.1. The zero-order valence-corrected chi connectivity index (χ0v) is 25.2. The molecule has 0 spiro atoms. The molecule has 3 heterocycles. The number of esters is 1. The SMILES string of the molecule is Cc1sc2c(c1C)C(c1ccc(C3=CC=CC(F)(OCC(=O)OC(C)(C)C)C3)cc1)=N[C@@H](CC(=O)O)c1nnc(C)n1-2. The fourth-order valence-corrected chi connectivity index (χ4v) is 6.28. The average Bonchev–Trinajstić information content (AvgIpc) is 3.38. The van der Waals surface area contributed by atoms with Gasteiger partial charge >= 0.3 is 11.9 Å². The number of aliphatic imine (C=N–C) groups is 1. The van der Waals surface area contributed by atoms with Gasteiger partial charge in [-0.2, -0.15) is 0 Å². The van der Waals surface area contributed by atoms with Crippen LogP contribution in [0.3, 0.4) is 0 Å². The van der Waals surface area contributed by atoms with E-state index in [2.05, 4.69) is 10.2 Å². The Bertz CT molecular complexity index is 1640. The first-order valence-electron chi connectivity index (χ1n) is 13.6. The number of thiophene rings is 1. The number of halogens is 1. The molecule has 3 aromatic rings. The molecule has 1 aliphatic heterocycles. The minimum Gasteiger partial charge on any atom is -0.481 e. The lowest BCUT2D eigenvalue weighted by molar-refractivity contribution is -0.174. The lowest BCUT2D eigenvalue weighted by Crippen LogP contribution is -2.32. The van der Waals surface area contributed by atoms with Crippen molar-refractivity contribution in [2.45, 2.75) is 71.9 Å². The van der Waals surface area contributed by atoms with Gasteiger partial charge in [0, 0.05) is 22.4 Å². The van der Waals surface area contributed by atoms with E-state index >= 15 is 4.39 Å². The van der Waals surface area contributed by atoms with Gasteiger partial charge in [-0.1, -0.05) is 36.4 Å². The van der Waals surface area contributed by atoms with Gasteiger partial charge in [0.1, 0.15) is 29.1 Å². The van der Waals surface area contributed by atoms with Gasteiger partial charge < -0.3 is 14.6 Å². The van der Waals surface area contributed by atoms with Crippen molar-refractivity contribution in [2.75, 3.05) is 6.61 Å². The van der Waals surface area contributed by atoms with Crippen molar-refractivity contribution in [3.8, 4) is 5.00 Å². The van der Waals surface area contributed by atoms with Crippen molar-refractivity contribution in [2.24, 2.45) is 4.99 Å². The number of aliphatic carboxylic acids is 1. The van der Waals surface area contributed by atoms with Gasteiger partial charge in [-0.05, 0) is 64.3 Å². The minimum absolute atomic E-state index is 0.0757. The number of ether oxygens (including phenoxy) is 2. The molecule has 2 aromatic heterocycles. The monoisotopic (exact) mass is 592 g/mol. The van der Waals surface area contributed by atoms with E-state index in [0.29, 0.717) is 22.9 Å². The van der Waals surface area contributed by atoms with Crippen molar-refractivity contribution in [1.29, 1.82) is 0 Å². The Morgan fingerprint density at radius 1 is 1.14 bits per heavy atom. The molecule has 11 heteroatoms. The number of fused-ring (bicyclic) bond motifs is 3. The average molecular weight is 593 g/mol. The van der Waals surface area contributed by atoms with Crippen LogP contribution in [-0.2, 0) is 19.1 Å². The summed E-state index contributed by atoms with van der Waals surface area (Å²) < 4.78 is 28.1. The number of alkyl halides is 1. The van der Waals surface area contributed by atoms with Crippen molar-refractivity contribution in [3.63, 3.8) is 0 Å². The van der Waals surface area contributed by atoms with Crippen LogP contribution in [0.15, 0.2) is 47.5 Å². The molecule has 0 fully saturated rings. The van der Waals surface area contributed by atoms with Gasteiger partial charge in [-0.25, -0.2) is 9.18 Å². The Morgan fingerprint density at radius 2 is 1.83 bits per heavy atom. The van der Waals surface area contributed by atoms with Crippen LogP contribution >= 0.6 is 11.3 Å². The van der Waals surface area contributed by atoms with Crippen LogP contribution in [0.25, 0.3) is 10.6 Å². The van der Waals surface area contributed by atoms with Crippen LogP contribution in [0.5, 0.6) is 0 Å². The number of hydrogen-bond acceptors (Lipinski definition) is 8. The third-order valence-corrected chi connectivity index (χ3v) is 8.25. The zero-order chi connectivity index (χ0) is 30.4. The van der Waals surface area contributed by atoms with Gasteiger partial charge in [0.25, 0.3) is 0 Å². The summed E-state index contributed by atoms with van der Waals surface area (Å²) in [4.78, 5) is 29.9. The summed E-state index contributed by atoms with van der Waals surface area (Å²) in [6, 6.07) is 6.85.